The molecule has 0 radical (unpaired) electrons. The molecule has 1 aromatic carbocycles. The summed E-state index contributed by atoms with van der Waals surface area (Å²) in [5.74, 6) is -1.81. The van der Waals surface area contributed by atoms with Crippen LogP contribution in [0, 0.1) is 0 Å². The average molecular weight is 841 g/mol. The van der Waals surface area contributed by atoms with Gasteiger partial charge in [-0.15, -0.1) is 0 Å². The van der Waals surface area contributed by atoms with Crippen LogP contribution in [0.1, 0.15) is 240 Å². The predicted octanol–water partition coefficient (Wildman–Crippen LogP) is 11.5. The summed E-state index contributed by atoms with van der Waals surface area (Å²) >= 11 is 0. The second-order valence-corrected chi connectivity index (χ2v) is 17.0. The Morgan fingerprint density at radius 3 is 1.16 bits per heavy atom. The molecule has 0 heterocycles. The smallest absolute Gasteiger partial charge is 0.744 e. The maximum atomic E-state index is 13.0. The van der Waals surface area contributed by atoms with Gasteiger partial charge in [0.05, 0.1) is 29.2 Å². The molecule has 0 bridgehead atoms. The first-order chi connectivity index (χ1) is 27.3. The van der Waals surface area contributed by atoms with Gasteiger partial charge in [0.15, 0.2) is 0 Å². The van der Waals surface area contributed by atoms with E-state index >= 15 is 0 Å². The van der Waals surface area contributed by atoms with Crippen molar-refractivity contribution in [1.29, 1.82) is 0 Å². The Balaban J connectivity index is 0.0000314. The first-order valence-corrected chi connectivity index (χ1v) is 24.5. The topological polar surface area (TPSA) is 110 Å². The second-order valence-electron chi connectivity index (χ2n) is 15.7. The first-order valence-electron chi connectivity index (χ1n) is 23.1. The van der Waals surface area contributed by atoms with Gasteiger partial charge in [0.25, 0.3) is 0 Å². The van der Waals surface area contributed by atoms with Crippen LogP contribution in [0.15, 0.2) is 47.4 Å². The molecule has 1 rings (SSSR count). The van der Waals surface area contributed by atoms with E-state index in [1.165, 1.54) is 166 Å². The van der Waals surface area contributed by atoms with Crippen LogP contribution in [0.4, 0.5) is 0 Å². The molecule has 0 aliphatic carbocycles. The minimum Gasteiger partial charge on any atom is -0.744 e. The van der Waals surface area contributed by atoms with Crippen molar-refractivity contribution < 1.29 is 83.4 Å². The molecule has 1 aromatic rings. The van der Waals surface area contributed by atoms with Crippen LogP contribution in [-0.4, -0.2) is 38.1 Å². The van der Waals surface area contributed by atoms with Gasteiger partial charge in [-0.3, -0.25) is 0 Å². The summed E-state index contributed by atoms with van der Waals surface area (Å²) in [6, 6.07) is 3.63. The van der Waals surface area contributed by atoms with Crippen LogP contribution in [0.2, 0.25) is 0 Å². The summed E-state index contributed by atoms with van der Waals surface area (Å²) in [7, 11) is -5.02. The molecule has 0 amide bonds. The Hall–Kier alpha value is -0.814. The molecule has 0 saturated heterocycles. The first kappa shape index (κ1) is 56.2. The zero-order valence-corrected chi connectivity index (χ0v) is 40.8. The number of rotatable bonds is 39. The molecule has 0 unspecified atom stereocenters. The Morgan fingerprint density at radius 1 is 0.491 bits per heavy atom. The van der Waals surface area contributed by atoms with Gasteiger partial charge in [-0.1, -0.05) is 185 Å². The van der Waals surface area contributed by atoms with E-state index in [2.05, 4.69) is 38.2 Å². The van der Waals surface area contributed by atoms with Gasteiger partial charge >= 0.3 is 63.3 Å². The van der Waals surface area contributed by atoms with Crippen molar-refractivity contribution in [2.75, 3.05) is 13.2 Å². The van der Waals surface area contributed by atoms with E-state index in [1.54, 1.807) is 0 Å². The fourth-order valence-electron chi connectivity index (χ4n) is 7.01. The van der Waals surface area contributed by atoms with Crippen molar-refractivity contribution in [3.63, 3.8) is 0 Å². The van der Waals surface area contributed by atoms with E-state index in [0.29, 0.717) is 12.8 Å². The van der Waals surface area contributed by atoms with Crippen LogP contribution >= 0.6 is 0 Å². The summed E-state index contributed by atoms with van der Waals surface area (Å²) in [5, 5.41) is 0. The molecule has 9 heteroatoms. The van der Waals surface area contributed by atoms with E-state index in [0.717, 1.165) is 44.6 Å². The number of hydrogen-bond acceptors (Lipinski definition) is 7. The molecule has 0 fully saturated rings. The predicted molar refractivity (Wildman–Crippen MR) is 232 cm³/mol. The third-order valence-electron chi connectivity index (χ3n) is 10.5. The van der Waals surface area contributed by atoms with Gasteiger partial charge in [-0.2, -0.15) is 0 Å². The van der Waals surface area contributed by atoms with Crippen molar-refractivity contribution in [1.82, 2.24) is 0 Å². The van der Waals surface area contributed by atoms with E-state index < -0.39 is 32.5 Å². The maximum Gasteiger partial charge on any atom is 1.00 e. The molecule has 0 spiro atoms. The van der Waals surface area contributed by atoms with Gasteiger partial charge < -0.3 is 14.0 Å². The van der Waals surface area contributed by atoms with Gasteiger partial charge in [0, 0.05) is 0 Å². The van der Waals surface area contributed by atoms with Crippen molar-refractivity contribution in [3.05, 3.63) is 53.6 Å². The molecule has 322 valence electrons. The van der Waals surface area contributed by atoms with E-state index in [1.807, 2.05) is 0 Å². The van der Waals surface area contributed by atoms with Crippen LogP contribution in [0.3, 0.4) is 0 Å². The third kappa shape index (κ3) is 32.6. The van der Waals surface area contributed by atoms with Crippen molar-refractivity contribution >= 4 is 22.1 Å². The van der Waals surface area contributed by atoms with Gasteiger partial charge in [-0.05, 0) is 76.3 Å². The normalized spacial score (nSPS) is 11.7. The fourth-order valence-corrected chi connectivity index (χ4v) is 7.69. The molecule has 0 saturated carbocycles. The summed E-state index contributed by atoms with van der Waals surface area (Å²) in [6.07, 6.45) is 47.5. The molecular formula is C48H81KO7S. The minimum atomic E-state index is -5.02. The minimum absolute atomic E-state index is 0. The van der Waals surface area contributed by atoms with Crippen molar-refractivity contribution in [3.8, 4) is 0 Å². The Bertz CT molecular complexity index is 1280. The third-order valence-corrected chi connectivity index (χ3v) is 11.4. The van der Waals surface area contributed by atoms with E-state index in [9.17, 15) is 22.6 Å². The average Bonchev–Trinajstić information content (AvgIpc) is 3.18. The molecule has 0 aromatic heterocycles. The summed E-state index contributed by atoms with van der Waals surface area (Å²) in [6.45, 7) is 4.74. The van der Waals surface area contributed by atoms with Crippen molar-refractivity contribution in [2.45, 2.75) is 224 Å². The molecule has 0 atom stereocenters. The monoisotopic (exact) mass is 841 g/mol. The number of carbonyl (C=O) groups excluding carboxylic acids is 2. The Morgan fingerprint density at radius 2 is 0.807 bits per heavy atom. The van der Waals surface area contributed by atoms with Gasteiger partial charge in [-0.25, -0.2) is 18.0 Å². The maximum absolute atomic E-state index is 13.0. The molecule has 0 aliphatic rings. The van der Waals surface area contributed by atoms with Gasteiger partial charge in [0.2, 0.25) is 0 Å². The molecule has 0 N–H and O–H groups in total. The van der Waals surface area contributed by atoms with Crippen LogP contribution in [0.25, 0.3) is 0 Å². The number of ether oxygens (including phenoxy) is 2. The molecule has 57 heavy (non-hydrogen) atoms. The Kier molecular flexibility index (Phi) is 40.0. The quantitative estimate of drug-likeness (QED) is 0.0213. The van der Waals surface area contributed by atoms with Crippen LogP contribution in [-0.2, 0) is 19.6 Å². The number of carbonyl (C=O) groups is 2. The molecule has 0 aliphatic heterocycles. The Labute approximate surface area is 392 Å². The SMILES string of the molecule is CCCCCC/C=C/CCCCCCCCCCCCOC(=O)c1cccc(S(=O)(=O)[O-])c1C(=O)OCCCCCCCCCCCC/C=C/CCCCCC.[K+]. The van der Waals surface area contributed by atoms with Crippen LogP contribution < -0.4 is 51.4 Å². The fraction of sp³-hybridized carbons (Fsp3) is 0.750. The zero-order valence-electron chi connectivity index (χ0n) is 36.8. The number of hydrogen-bond donors (Lipinski definition) is 0. The number of unbranched alkanes of at least 4 members (excludes halogenated alkanes) is 28. The number of allylic oxidation sites excluding steroid dienone is 4. The van der Waals surface area contributed by atoms with Gasteiger partial charge in [0.1, 0.15) is 10.1 Å². The standard InChI is InChI=1S/C48H82O7S.K/c1-3-5-7-9-11-13-15-17-19-21-23-25-27-29-31-33-35-37-42-54-47(49)44-40-39-41-45(56(51,52)53)46(44)48(50)55-43-38-36-34-32-30-28-26-24-22-20-18-16-14-12-10-8-6-4-2;/h13-16,39-41H,3-12,17-38,42-43H2,1-2H3,(H,51,52,53);/q;+1/p-1/b15-13+,16-14+;. The van der Waals surface area contributed by atoms with E-state index in [-0.39, 0.29) is 70.2 Å². The summed E-state index contributed by atoms with van der Waals surface area (Å²) in [4.78, 5) is 25.2. The largest absolute Gasteiger partial charge is 1.00 e. The molecule has 7 nitrogen and oxygen atoms in total. The number of esters is 2. The van der Waals surface area contributed by atoms with Crippen molar-refractivity contribution in [2.24, 2.45) is 0 Å². The summed E-state index contributed by atoms with van der Waals surface area (Å²) in [5.41, 5.74) is -0.778. The molecular weight excluding hydrogens is 760 g/mol. The summed E-state index contributed by atoms with van der Waals surface area (Å²) < 4.78 is 46.8. The second kappa shape index (κ2) is 40.6. The number of benzene rings is 1. The van der Waals surface area contributed by atoms with Crippen LogP contribution in [0.5, 0.6) is 0 Å². The van der Waals surface area contributed by atoms with E-state index in [4.69, 9.17) is 9.47 Å². The zero-order chi connectivity index (χ0) is 40.8.